The third kappa shape index (κ3) is 1.87. The molecule has 0 bridgehead atoms. The molecule has 0 spiro atoms. The van der Waals surface area contributed by atoms with E-state index in [-0.39, 0.29) is 11.3 Å². The molecule has 3 unspecified atom stereocenters. The van der Waals surface area contributed by atoms with E-state index in [1.807, 2.05) is 19.2 Å². The van der Waals surface area contributed by atoms with Crippen LogP contribution in [0, 0.1) is 0 Å². The van der Waals surface area contributed by atoms with Gasteiger partial charge in [0.15, 0.2) is 0 Å². The Labute approximate surface area is 107 Å². The van der Waals surface area contributed by atoms with Crippen molar-refractivity contribution in [2.24, 2.45) is 0 Å². The lowest BCUT2D eigenvalue weighted by Gasteiger charge is -2.17. The summed E-state index contributed by atoms with van der Waals surface area (Å²) >= 11 is 3.50. The molecule has 0 aliphatic carbocycles. The Morgan fingerprint density at radius 3 is 2.88 bits per heavy atom. The van der Waals surface area contributed by atoms with Crippen molar-refractivity contribution < 1.29 is 4.21 Å². The maximum Gasteiger partial charge on any atom is 0.0595 e. The highest BCUT2D eigenvalue weighted by Gasteiger charge is 2.38. The van der Waals surface area contributed by atoms with Crippen molar-refractivity contribution in [1.82, 2.24) is 5.32 Å². The van der Waals surface area contributed by atoms with Crippen LogP contribution in [0.25, 0.3) is 0 Å². The predicted molar refractivity (Wildman–Crippen MR) is 71.0 cm³/mol. The molecule has 16 heavy (non-hydrogen) atoms. The molecule has 4 heteroatoms. The number of hydrogen-bond acceptors (Lipinski definition) is 2. The fraction of sp³-hybridized carbons (Fsp3) is 0.500. The fourth-order valence-corrected chi connectivity index (χ4v) is 5.19. The number of halogens is 1. The first kappa shape index (κ1) is 12.3. The molecule has 1 N–H and O–H groups in total. The Morgan fingerprint density at radius 1 is 1.50 bits per heavy atom. The fourth-order valence-electron chi connectivity index (χ4n) is 2.36. The summed E-state index contributed by atoms with van der Waals surface area (Å²) in [5.41, 5.74) is 1.19. The zero-order chi connectivity index (χ0) is 11.7. The van der Waals surface area contributed by atoms with Gasteiger partial charge in [-0.3, -0.25) is 4.21 Å². The quantitative estimate of drug-likeness (QED) is 0.930. The number of nitrogens with one attached hydrogen (secondary N) is 1. The van der Waals surface area contributed by atoms with Crippen molar-refractivity contribution in [3.8, 4) is 0 Å². The molecular weight excluding hydrogens is 286 g/mol. The van der Waals surface area contributed by atoms with Crippen molar-refractivity contribution in [1.29, 1.82) is 0 Å². The highest BCUT2D eigenvalue weighted by Crippen LogP contribution is 2.41. The van der Waals surface area contributed by atoms with Crippen LogP contribution >= 0.6 is 15.9 Å². The number of hydrogen-bond donors (Lipinski definition) is 1. The normalized spacial score (nSPS) is 28.1. The van der Waals surface area contributed by atoms with Crippen LogP contribution in [0.4, 0.5) is 0 Å². The zero-order valence-electron chi connectivity index (χ0n) is 9.50. The monoisotopic (exact) mass is 301 g/mol. The largest absolute Gasteiger partial charge is 0.312 e. The average Bonchev–Trinajstić information content (AvgIpc) is 2.54. The van der Waals surface area contributed by atoms with Crippen LogP contribution in [-0.2, 0) is 10.8 Å². The Bertz CT molecular complexity index is 421. The minimum absolute atomic E-state index is 0.212. The lowest BCUT2D eigenvalue weighted by Crippen LogP contribution is -2.26. The molecule has 1 aliphatic rings. The molecule has 1 aromatic carbocycles. The first-order chi connectivity index (χ1) is 7.70. The molecule has 0 amide bonds. The van der Waals surface area contributed by atoms with Crippen molar-refractivity contribution >= 4 is 26.7 Å². The van der Waals surface area contributed by atoms with Gasteiger partial charge in [0.25, 0.3) is 0 Å². The van der Waals surface area contributed by atoms with Crippen molar-refractivity contribution in [3.05, 3.63) is 28.2 Å². The lowest BCUT2D eigenvalue weighted by atomic mass is 10.0. The van der Waals surface area contributed by atoms with Gasteiger partial charge in [-0.05, 0) is 41.0 Å². The van der Waals surface area contributed by atoms with E-state index in [0.29, 0.717) is 0 Å². The van der Waals surface area contributed by atoms with E-state index in [1.54, 1.807) is 0 Å². The van der Waals surface area contributed by atoms with Gasteiger partial charge in [-0.1, -0.05) is 25.5 Å². The van der Waals surface area contributed by atoms with E-state index < -0.39 is 10.8 Å². The summed E-state index contributed by atoms with van der Waals surface area (Å²) in [6.07, 6.45) is 2.07. The Balaban J connectivity index is 2.47. The SMILES string of the molecule is CCCC1C(NC)c2cccc(Br)c2S1=O. The molecule has 1 heterocycles. The summed E-state index contributed by atoms with van der Waals surface area (Å²) in [4.78, 5) is 0.986. The molecule has 0 saturated carbocycles. The van der Waals surface area contributed by atoms with Crippen LogP contribution in [0.5, 0.6) is 0 Å². The van der Waals surface area contributed by atoms with Gasteiger partial charge < -0.3 is 5.32 Å². The molecule has 0 saturated heterocycles. The van der Waals surface area contributed by atoms with Crippen LogP contribution < -0.4 is 5.32 Å². The average molecular weight is 302 g/mol. The summed E-state index contributed by atoms with van der Waals surface area (Å²) in [5, 5.41) is 3.51. The first-order valence-electron chi connectivity index (χ1n) is 5.57. The number of rotatable bonds is 3. The van der Waals surface area contributed by atoms with Crippen molar-refractivity contribution in [2.45, 2.75) is 36.0 Å². The molecule has 88 valence electrons. The maximum absolute atomic E-state index is 12.4. The molecule has 1 aromatic rings. The van der Waals surface area contributed by atoms with E-state index in [9.17, 15) is 4.21 Å². The second-order valence-electron chi connectivity index (χ2n) is 4.05. The second kappa shape index (κ2) is 4.98. The van der Waals surface area contributed by atoms with Gasteiger partial charge in [0.05, 0.1) is 20.9 Å². The molecule has 2 nitrogen and oxygen atoms in total. The van der Waals surface area contributed by atoms with Gasteiger partial charge in [0.2, 0.25) is 0 Å². The van der Waals surface area contributed by atoms with E-state index in [1.165, 1.54) is 5.56 Å². The Kier molecular flexibility index (Phi) is 3.82. The van der Waals surface area contributed by atoms with Gasteiger partial charge in [-0.2, -0.15) is 0 Å². The molecule has 0 fully saturated rings. The molecule has 2 rings (SSSR count). The van der Waals surface area contributed by atoms with Gasteiger partial charge in [-0.15, -0.1) is 0 Å². The van der Waals surface area contributed by atoms with Gasteiger partial charge >= 0.3 is 0 Å². The minimum Gasteiger partial charge on any atom is -0.312 e. The molecule has 0 radical (unpaired) electrons. The van der Waals surface area contributed by atoms with Crippen LogP contribution in [0.1, 0.15) is 31.4 Å². The molecule has 3 atom stereocenters. The molecular formula is C12H16BrNOS. The maximum atomic E-state index is 12.4. The van der Waals surface area contributed by atoms with E-state index in [2.05, 4.69) is 34.2 Å². The minimum atomic E-state index is -0.886. The standard InChI is InChI=1S/C12H16BrNOS/c1-3-5-10-11(14-2)8-6-4-7-9(13)12(8)16(10)15/h4,6-7,10-11,14H,3,5H2,1-2H3. The summed E-state index contributed by atoms with van der Waals surface area (Å²) < 4.78 is 13.4. The zero-order valence-corrected chi connectivity index (χ0v) is 11.9. The topological polar surface area (TPSA) is 29.1 Å². The smallest absolute Gasteiger partial charge is 0.0595 e. The Hall–Kier alpha value is -0.190. The van der Waals surface area contributed by atoms with Crippen LogP contribution in [0.15, 0.2) is 27.6 Å². The second-order valence-corrected chi connectivity index (χ2v) is 6.51. The highest BCUT2D eigenvalue weighted by atomic mass is 79.9. The van der Waals surface area contributed by atoms with Gasteiger partial charge in [-0.25, -0.2) is 0 Å². The van der Waals surface area contributed by atoms with Crippen LogP contribution in [0.2, 0.25) is 0 Å². The molecule has 0 aromatic heterocycles. The van der Waals surface area contributed by atoms with Crippen molar-refractivity contribution in [3.63, 3.8) is 0 Å². The Morgan fingerprint density at radius 2 is 2.25 bits per heavy atom. The first-order valence-corrected chi connectivity index (χ1v) is 7.57. The van der Waals surface area contributed by atoms with Crippen LogP contribution in [-0.4, -0.2) is 16.5 Å². The molecule has 1 aliphatic heterocycles. The third-order valence-corrected chi connectivity index (χ3v) is 5.90. The van der Waals surface area contributed by atoms with Crippen molar-refractivity contribution in [2.75, 3.05) is 7.05 Å². The van der Waals surface area contributed by atoms with Gasteiger partial charge in [0, 0.05) is 10.5 Å². The summed E-state index contributed by atoms with van der Waals surface area (Å²) in [7, 11) is 1.06. The number of fused-ring (bicyclic) bond motifs is 1. The lowest BCUT2D eigenvalue weighted by molar-refractivity contribution is 0.535. The highest BCUT2D eigenvalue weighted by molar-refractivity contribution is 9.10. The number of benzene rings is 1. The van der Waals surface area contributed by atoms with E-state index in [4.69, 9.17) is 0 Å². The summed E-state index contributed by atoms with van der Waals surface area (Å²) in [6.45, 7) is 2.14. The van der Waals surface area contributed by atoms with Crippen LogP contribution in [0.3, 0.4) is 0 Å². The summed E-state index contributed by atoms with van der Waals surface area (Å²) in [5.74, 6) is 0. The third-order valence-electron chi connectivity index (χ3n) is 3.06. The van der Waals surface area contributed by atoms with E-state index >= 15 is 0 Å². The van der Waals surface area contributed by atoms with Gasteiger partial charge in [0.1, 0.15) is 0 Å². The van der Waals surface area contributed by atoms with E-state index in [0.717, 1.165) is 22.2 Å². The predicted octanol–water partition coefficient (Wildman–Crippen LogP) is 3.00. The summed E-state index contributed by atoms with van der Waals surface area (Å²) in [6, 6.07) is 6.29.